The van der Waals surface area contributed by atoms with Crippen LogP contribution >= 0.6 is 0 Å². The van der Waals surface area contributed by atoms with E-state index in [9.17, 15) is 9.90 Å². The summed E-state index contributed by atoms with van der Waals surface area (Å²) < 4.78 is 0. The number of amides is 1. The quantitative estimate of drug-likeness (QED) is 0.837. The van der Waals surface area contributed by atoms with Crippen LogP contribution < -0.4 is 5.32 Å². The van der Waals surface area contributed by atoms with E-state index in [1.807, 2.05) is 6.07 Å². The SMILES string of the molecule is CN1C2CCC1CC(NC(=O)/C=C/c1ccc(O)cc1C#N)C2. The first-order chi connectivity index (χ1) is 11.1. The maximum atomic E-state index is 12.1. The second-order valence-corrected chi connectivity index (χ2v) is 6.44. The lowest BCUT2D eigenvalue weighted by Crippen LogP contribution is -2.48. The van der Waals surface area contributed by atoms with Crippen LogP contribution in [0, 0.1) is 11.3 Å². The van der Waals surface area contributed by atoms with Crippen LogP contribution in [0.5, 0.6) is 5.75 Å². The molecule has 5 nitrogen and oxygen atoms in total. The number of benzene rings is 1. The van der Waals surface area contributed by atoms with Crippen molar-refractivity contribution in [3.05, 3.63) is 35.4 Å². The first kappa shape index (κ1) is 15.6. The van der Waals surface area contributed by atoms with Gasteiger partial charge < -0.3 is 15.3 Å². The van der Waals surface area contributed by atoms with Gasteiger partial charge in [-0.2, -0.15) is 5.26 Å². The molecular weight excluding hydrogens is 290 g/mol. The first-order valence-corrected chi connectivity index (χ1v) is 8.00. The van der Waals surface area contributed by atoms with E-state index in [4.69, 9.17) is 5.26 Å². The molecule has 0 aromatic heterocycles. The number of carbonyl (C=O) groups is 1. The highest BCUT2D eigenvalue weighted by Gasteiger charge is 2.38. The Morgan fingerprint density at radius 3 is 2.74 bits per heavy atom. The maximum Gasteiger partial charge on any atom is 0.244 e. The highest BCUT2D eigenvalue weighted by Crippen LogP contribution is 2.34. The molecule has 120 valence electrons. The van der Waals surface area contributed by atoms with Crippen LogP contribution in [-0.4, -0.2) is 41.1 Å². The van der Waals surface area contributed by atoms with E-state index >= 15 is 0 Å². The van der Waals surface area contributed by atoms with Crippen LogP contribution in [0.25, 0.3) is 6.08 Å². The number of hydrogen-bond donors (Lipinski definition) is 2. The van der Waals surface area contributed by atoms with Gasteiger partial charge in [-0.25, -0.2) is 0 Å². The lowest BCUT2D eigenvalue weighted by Gasteiger charge is -2.36. The topological polar surface area (TPSA) is 76.4 Å². The van der Waals surface area contributed by atoms with Crippen LogP contribution in [0.4, 0.5) is 0 Å². The molecule has 2 unspecified atom stereocenters. The summed E-state index contributed by atoms with van der Waals surface area (Å²) in [6, 6.07) is 7.96. The summed E-state index contributed by atoms with van der Waals surface area (Å²) in [5.74, 6) is -0.0825. The van der Waals surface area contributed by atoms with Crippen molar-refractivity contribution in [2.45, 2.75) is 43.8 Å². The highest BCUT2D eigenvalue weighted by atomic mass is 16.3. The van der Waals surface area contributed by atoms with E-state index in [-0.39, 0.29) is 17.7 Å². The van der Waals surface area contributed by atoms with Gasteiger partial charge in [0.15, 0.2) is 0 Å². The average Bonchev–Trinajstić information content (AvgIpc) is 2.75. The number of nitrogens with one attached hydrogen (secondary N) is 1. The predicted molar refractivity (Wildman–Crippen MR) is 87.6 cm³/mol. The average molecular weight is 311 g/mol. The van der Waals surface area contributed by atoms with E-state index < -0.39 is 0 Å². The fraction of sp³-hybridized carbons (Fsp3) is 0.444. The molecule has 2 saturated heterocycles. The van der Waals surface area contributed by atoms with Gasteiger partial charge in [0.2, 0.25) is 5.91 Å². The van der Waals surface area contributed by atoms with Crippen molar-refractivity contribution in [1.29, 1.82) is 5.26 Å². The van der Waals surface area contributed by atoms with Crippen molar-refractivity contribution in [2.24, 2.45) is 0 Å². The van der Waals surface area contributed by atoms with Crippen molar-refractivity contribution >= 4 is 12.0 Å². The molecule has 5 heteroatoms. The number of phenolic OH excluding ortho intramolecular Hbond substituents is 1. The van der Waals surface area contributed by atoms with Gasteiger partial charge in [-0.15, -0.1) is 0 Å². The van der Waals surface area contributed by atoms with E-state index in [1.165, 1.54) is 31.1 Å². The van der Waals surface area contributed by atoms with E-state index in [1.54, 1.807) is 12.1 Å². The van der Waals surface area contributed by atoms with Gasteiger partial charge in [0, 0.05) is 24.2 Å². The number of piperidine rings is 1. The molecule has 0 radical (unpaired) electrons. The molecule has 2 N–H and O–H groups in total. The fourth-order valence-electron chi connectivity index (χ4n) is 3.73. The lowest BCUT2D eigenvalue weighted by molar-refractivity contribution is -0.117. The molecule has 2 aliphatic heterocycles. The normalized spacial score (nSPS) is 27.0. The second-order valence-electron chi connectivity index (χ2n) is 6.44. The molecule has 2 bridgehead atoms. The largest absolute Gasteiger partial charge is 0.508 e. The van der Waals surface area contributed by atoms with E-state index in [2.05, 4.69) is 17.3 Å². The summed E-state index contributed by atoms with van der Waals surface area (Å²) in [5, 5.41) is 21.5. The molecule has 2 aliphatic rings. The Hall–Kier alpha value is -2.32. The minimum absolute atomic E-state index is 0.0463. The summed E-state index contributed by atoms with van der Waals surface area (Å²) in [7, 11) is 2.18. The number of carbonyl (C=O) groups excluding carboxylic acids is 1. The molecule has 2 heterocycles. The summed E-state index contributed by atoms with van der Waals surface area (Å²) in [5.41, 5.74) is 0.982. The van der Waals surface area contributed by atoms with Crippen LogP contribution in [0.2, 0.25) is 0 Å². The smallest absolute Gasteiger partial charge is 0.244 e. The van der Waals surface area contributed by atoms with Crippen LogP contribution in [0.3, 0.4) is 0 Å². The zero-order valence-electron chi connectivity index (χ0n) is 13.2. The van der Waals surface area contributed by atoms with Crippen LogP contribution in [-0.2, 0) is 4.79 Å². The molecule has 1 aromatic carbocycles. The zero-order chi connectivity index (χ0) is 16.4. The zero-order valence-corrected chi connectivity index (χ0v) is 13.2. The van der Waals surface area contributed by atoms with Gasteiger partial charge >= 0.3 is 0 Å². The van der Waals surface area contributed by atoms with Crippen molar-refractivity contribution in [1.82, 2.24) is 10.2 Å². The Kier molecular flexibility index (Phi) is 4.35. The lowest BCUT2D eigenvalue weighted by atomic mass is 9.98. The Morgan fingerprint density at radius 1 is 1.39 bits per heavy atom. The third-order valence-electron chi connectivity index (χ3n) is 5.02. The van der Waals surface area contributed by atoms with Gasteiger partial charge in [0.25, 0.3) is 0 Å². The molecule has 1 amide bonds. The number of aromatic hydroxyl groups is 1. The van der Waals surface area contributed by atoms with Crippen LogP contribution in [0.15, 0.2) is 24.3 Å². The summed E-state index contributed by atoms with van der Waals surface area (Å²) in [6.45, 7) is 0. The molecule has 2 atom stereocenters. The Labute approximate surface area is 136 Å². The second kappa shape index (κ2) is 6.43. The number of phenols is 1. The van der Waals surface area contributed by atoms with E-state index in [0.29, 0.717) is 23.2 Å². The third kappa shape index (κ3) is 3.38. The van der Waals surface area contributed by atoms with Gasteiger partial charge in [-0.1, -0.05) is 0 Å². The molecule has 1 aromatic rings. The summed E-state index contributed by atoms with van der Waals surface area (Å²) >= 11 is 0. The summed E-state index contributed by atoms with van der Waals surface area (Å²) in [6.07, 6.45) is 7.56. The minimum atomic E-state index is -0.129. The number of nitrogens with zero attached hydrogens (tertiary/aromatic N) is 2. The van der Waals surface area contributed by atoms with Gasteiger partial charge in [0.05, 0.1) is 11.6 Å². The molecule has 0 saturated carbocycles. The predicted octanol–water partition coefficient (Wildman–Crippen LogP) is 2.02. The Morgan fingerprint density at radius 2 is 2.09 bits per heavy atom. The van der Waals surface area contributed by atoms with Crippen molar-refractivity contribution < 1.29 is 9.90 Å². The third-order valence-corrected chi connectivity index (χ3v) is 5.02. The minimum Gasteiger partial charge on any atom is -0.508 e. The summed E-state index contributed by atoms with van der Waals surface area (Å²) in [4.78, 5) is 14.6. The van der Waals surface area contributed by atoms with Crippen molar-refractivity contribution in [3.8, 4) is 11.8 Å². The van der Waals surface area contributed by atoms with Crippen molar-refractivity contribution in [3.63, 3.8) is 0 Å². The van der Waals surface area contributed by atoms with Crippen molar-refractivity contribution in [2.75, 3.05) is 7.05 Å². The van der Waals surface area contributed by atoms with Gasteiger partial charge in [-0.3, -0.25) is 4.79 Å². The molecule has 0 spiro atoms. The molecule has 0 aliphatic carbocycles. The van der Waals surface area contributed by atoms with Crippen LogP contribution in [0.1, 0.15) is 36.8 Å². The number of hydrogen-bond acceptors (Lipinski definition) is 4. The standard InChI is InChI=1S/C18H21N3O2/c1-21-15-4-5-16(21)10-14(9-15)20-18(23)7-3-12-2-6-17(22)8-13(12)11-19/h2-3,6-8,14-16,22H,4-5,9-10H2,1H3,(H,20,23)/b7-3+. The number of fused-ring (bicyclic) bond motifs is 2. The highest BCUT2D eigenvalue weighted by molar-refractivity contribution is 5.92. The van der Waals surface area contributed by atoms with E-state index in [0.717, 1.165) is 12.8 Å². The first-order valence-electron chi connectivity index (χ1n) is 8.00. The molecule has 23 heavy (non-hydrogen) atoms. The van der Waals surface area contributed by atoms with Gasteiger partial charge in [0.1, 0.15) is 5.75 Å². The monoisotopic (exact) mass is 311 g/mol. The Balaban J connectivity index is 1.61. The fourth-order valence-corrected chi connectivity index (χ4v) is 3.73. The Bertz CT molecular complexity index is 663. The molecule has 2 fully saturated rings. The molecular formula is C18H21N3O2. The molecule has 3 rings (SSSR count). The van der Waals surface area contributed by atoms with Gasteiger partial charge in [-0.05, 0) is 62.6 Å². The number of rotatable bonds is 3. The maximum absolute atomic E-state index is 12.1. The number of nitriles is 1.